The number of aryl methyl sites for hydroxylation is 1. The van der Waals surface area contributed by atoms with Gasteiger partial charge < -0.3 is 39.9 Å². The van der Waals surface area contributed by atoms with Gasteiger partial charge in [0.15, 0.2) is 6.10 Å². The summed E-state index contributed by atoms with van der Waals surface area (Å²) in [6.45, 7) is 6.26. The molecule has 0 unspecified atom stereocenters. The van der Waals surface area contributed by atoms with E-state index in [1.807, 2.05) is 40.1 Å². The van der Waals surface area contributed by atoms with E-state index in [1.54, 1.807) is 24.0 Å². The van der Waals surface area contributed by atoms with Crippen LogP contribution < -0.4 is 5.32 Å². The molecule has 0 bridgehead atoms. The number of amides is 4. The molecule has 0 saturated carbocycles. The Morgan fingerprint density at radius 3 is 2.28 bits per heavy atom. The Bertz CT molecular complexity index is 1400. The second-order valence-electron chi connectivity index (χ2n) is 13.3. The molecule has 0 spiro atoms. The van der Waals surface area contributed by atoms with Gasteiger partial charge in [-0.05, 0) is 80.7 Å². The molecule has 2 aromatic carbocycles. The fourth-order valence-corrected chi connectivity index (χ4v) is 7.44. The van der Waals surface area contributed by atoms with E-state index in [4.69, 9.17) is 4.74 Å². The number of hydrogen-bond acceptors (Lipinski definition) is 7. The number of ether oxygens (including phenoxy) is 1. The normalized spacial score (nSPS) is 21.3. The molecule has 248 valence electrons. The van der Waals surface area contributed by atoms with Crippen molar-refractivity contribution in [2.75, 3.05) is 51.1 Å². The van der Waals surface area contributed by atoms with Gasteiger partial charge in [0.25, 0.3) is 5.91 Å². The molecule has 4 aliphatic heterocycles. The molecule has 0 aromatic heterocycles. The summed E-state index contributed by atoms with van der Waals surface area (Å²) in [4.78, 5) is 48.3. The summed E-state index contributed by atoms with van der Waals surface area (Å²) in [5.41, 5.74) is 3.49. The lowest BCUT2D eigenvalue weighted by molar-refractivity contribution is -0.142. The Kier molecular flexibility index (Phi) is 9.98. The van der Waals surface area contributed by atoms with Crippen LogP contribution in [0.2, 0.25) is 0 Å². The van der Waals surface area contributed by atoms with Crippen molar-refractivity contribution in [3.8, 4) is 5.75 Å². The number of carbonyl (C=O) groups is 3. The largest absolute Gasteiger partial charge is 0.508 e. The lowest BCUT2D eigenvalue weighted by atomic mass is 9.98. The lowest BCUT2D eigenvalue weighted by Crippen LogP contribution is -2.53. The van der Waals surface area contributed by atoms with Crippen molar-refractivity contribution in [1.82, 2.24) is 19.6 Å². The molecule has 11 nitrogen and oxygen atoms in total. The summed E-state index contributed by atoms with van der Waals surface area (Å²) in [7, 11) is 0. The first kappa shape index (κ1) is 32.1. The molecule has 3 N–H and O–H groups in total. The van der Waals surface area contributed by atoms with Gasteiger partial charge in [0.05, 0.1) is 6.10 Å². The number of para-hydroxylation sites is 1. The number of nitrogens with zero attached hydrogens (tertiary/aromatic N) is 4. The molecule has 4 heterocycles. The maximum atomic E-state index is 13.9. The van der Waals surface area contributed by atoms with E-state index in [1.165, 1.54) is 0 Å². The second-order valence-corrected chi connectivity index (χ2v) is 13.3. The average molecular weight is 634 g/mol. The Morgan fingerprint density at radius 2 is 1.57 bits per heavy atom. The van der Waals surface area contributed by atoms with Crippen LogP contribution in [0.1, 0.15) is 55.2 Å². The number of urea groups is 1. The number of benzene rings is 2. The number of rotatable bonds is 6. The van der Waals surface area contributed by atoms with E-state index < -0.39 is 12.2 Å². The second kappa shape index (κ2) is 14.3. The summed E-state index contributed by atoms with van der Waals surface area (Å²) in [5, 5.41) is 23.0. The first-order valence-corrected chi connectivity index (χ1v) is 16.9. The van der Waals surface area contributed by atoms with Crippen LogP contribution in [0, 0.1) is 6.92 Å². The van der Waals surface area contributed by atoms with Gasteiger partial charge in [-0.15, -0.1) is 0 Å². The van der Waals surface area contributed by atoms with Crippen molar-refractivity contribution in [2.45, 2.75) is 82.6 Å². The number of piperidine rings is 3. The van der Waals surface area contributed by atoms with Crippen molar-refractivity contribution in [2.24, 2.45) is 0 Å². The lowest BCUT2D eigenvalue weighted by Gasteiger charge is -2.41. The van der Waals surface area contributed by atoms with E-state index >= 15 is 0 Å². The average Bonchev–Trinajstić information content (AvgIpc) is 3.24. The zero-order valence-corrected chi connectivity index (χ0v) is 26.8. The van der Waals surface area contributed by atoms with Crippen molar-refractivity contribution in [3.63, 3.8) is 0 Å². The number of aliphatic hydroxyl groups is 1. The van der Waals surface area contributed by atoms with Gasteiger partial charge in [-0.25, -0.2) is 9.59 Å². The number of likely N-dealkylation sites (tertiary alicyclic amines) is 3. The van der Waals surface area contributed by atoms with Crippen LogP contribution in [0.5, 0.6) is 5.75 Å². The number of aliphatic hydroxyl groups excluding tert-OH is 1. The molecule has 3 fully saturated rings. The molecule has 11 heteroatoms. The van der Waals surface area contributed by atoms with E-state index in [9.17, 15) is 24.6 Å². The van der Waals surface area contributed by atoms with E-state index in [2.05, 4.69) is 10.2 Å². The van der Waals surface area contributed by atoms with Gasteiger partial charge in [-0.2, -0.15) is 0 Å². The predicted molar refractivity (Wildman–Crippen MR) is 174 cm³/mol. The Morgan fingerprint density at radius 1 is 0.891 bits per heavy atom. The highest BCUT2D eigenvalue weighted by molar-refractivity contribution is 5.91. The zero-order chi connectivity index (χ0) is 32.2. The quantitative estimate of drug-likeness (QED) is 0.443. The third-order valence-electron chi connectivity index (χ3n) is 10.3. The van der Waals surface area contributed by atoms with Crippen molar-refractivity contribution in [1.29, 1.82) is 0 Å². The van der Waals surface area contributed by atoms with E-state index in [0.29, 0.717) is 57.2 Å². The van der Waals surface area contributed by atoms with Gasteiger partial charge in [0.2, 0.25) is 0 Å². The fourth-order valence-electron chi connectivity index (χ4n) is 7.44. The van der Waals surface area contributed by atoms with Crippen LogP contribution >= 0.6 is 0 Å². The smallest absolute Gasteiger partial charge is 0.410 e. The molecular weight excluding hydrogens is 586 g/mol. The van der Waals surface area contributed by atoms with Crippen LogP contribution in [-0.2, 0) is 22.4 Å². The highest BCUT2D eigenvalue weighted by Crippen LogP contribution is 2.27. The minimum Gasteiger partial charge on any atom is -0.508 e. The molecule has 0 aliphatic carbocycles. The standard InChI is InChI=1S/C35H47N5O6/c1-24-22-25(6-7-31(24)42)23-32(33(43)38-15-9-27(10-16-38)37-19-13-29(41)14-20-37)46-35(45)39-17-11-28(12-18-39)40-21-8-26-4-2-3-5-30(26)36-34(40)44/h2-7,22,27-29,32,41-42H,8-21,23H2,1H3,(H,36,44)/t32-/m1/s1. The van der Waals surface area contributed by atoms with Crippen molar-refractivity contribution >= 4 is 23.7 Å². The van der Waals surface area contributed by atoms with Gasteiger partial charge >= 0.3 is 12.1 Å². The van der Waals surface area contributed by atoms with Crippen LogP contribution in [-0.4, -0.2) is 118 Å². The summed E-state index contributed by atoms with van der Waals surface area (Å²) in [6.07, 6.45) is 3.84. The molecular formula is C35H47N5O6. The molecule has 2 aromatic rings. The number of carbonyl (C=O) groups excluding carboxylic acids is 3. The van der Waals surface area contributed by atoms with Gasteiger partial charge in [0, 0.05) is 70.0 Å². The number of nitrogens with one attached hydrogen (secondary N) is 1. The number of hydrogen-bond donors (Lipinski definition) is 3. The summed E-state index contributed by atoms with van der Waals surface area (Å²) < 4.78 is 6.00. The summed E-state index contributed by atoms with van der Waals surface area (Å²) in [5.74, 6) is -0.0111. The monoisotopic (exact) mass is 633 g/mol. The fraction of sp³-hybridized carbons (Fsp3) is 0.571. The van der Waals surface area contributed by atoms with Crippen LogP contribution in [0.25, 0.3) is 0 Å². The van der Waals surface area contributed by atoms with Crippen molar-refractivity contribution < 1.29 is 29.3 Å². The first-order chi connectivity index (χ1) is 22.2. The topological polar surface area (TPSA) is 126 Å². The number of aromatic hydroxyl groups is 1. The maximum absolute atomic E-state index is 13.9. The first-order valence-electron chi connectivity index (χ1n) is 16.9. The van der Waals surface area contributed by atoms with Gasteiger partial charge in [-0.3, -0.25) is 4.79 Å². The summed E-state index contributed by atoms with van der Waals surface area (Å²) >= 11 is 0. The Labute approximate surface area is 271 Å². The minimum absolute atomic E-state index is 0.0141. The molecule has 4 aliphatic rings. The number of anilines is 1. The zero-order valence-electron chi connectivity index (χ0n) is 26.8. The molecule has 1 atom stereocenters. The van der Waals surface area contributed by atoms with Gasteiger partial charge in [0.1, 0.15) is 5.75 Å². The third kappa shape index (κ3) is 7.41. The number of fused-ring (bicyclic) bond motifs is 1. The summed E-state index contributed by atoms with van der Waals surface area (Å²) in [6, 6.07) is 13.4. The maximum Gasteiger partial charge on any atom is 0.410 e. The van der Waals surface area contributed by atoms with Crippen molar-refractivity contribution in [3.05, 3.63) is 59.2 Å². The van der Waals surface area contributed by atoms with E-state index in [-0.39, 0.29) is 36.3 Å². The SMILES string of the molecule is Cc1cc(C[C@@H](OC(=O)N2CCC(N3CCc4ccccc4NC3=O)CC2)C(=O)N2CCC(N3CCC(O)CC3)CC2)ccc1O. The molecule has 0 radical (unpaired) electrons. The van der Waals surface area contributed by atoms with Crippen LogP contribution in [0.4, 0.5) is 15.3 Å². The van der Waals surface area contributed by atoms with Crippen LogP contribution in [0.15, 0.2) is 42.5 Å². The van der Waals surface area contributed by atoms with Crippen LogP contribution in [0.3, 0.4) is 0 Å². The highest BCUT2D eigenvalue weighted by Gasteiger charge is 2.36. The van der Waals surface area contributed by atoms with E-state index in [0.717, 1.165) is 62.0 Å². The number of phenolic OH excluding ortho intramolecular Hbond substituents is 1. The van der Waals surface area contributed by atoms with Gasteiger partial charge in [-0.1, -0.05) is 30.3 Å². The molecule has 3 saturated heterocycles. The highest BCUT2D eigenvalue weighted by atomic mass is 16.6. The molecule has 4 amide bonds. The third-order valence-corrected chi connectivity index (χ3v) is 10.3. The molecule has 46 heavy (non-hydrogen) atoms. The number of phenols is 1. The minimum atomic E-state index is -0.981. The Balaban J connectivity index is 1.07. The molecule has 6 rings (SSSR count). The Hall–Kier alpha value is -3.83. The predicted octanol–water partition coefficient (Wildman–Crippen LogP) is 3.75.